The highest BCUT2D eigenvalue weighted by Gasteiger charge is 2.33. The van der Waals surface area contributed by atoms with Gasteiger partial charge in [-0.3, -0.25) is 9.79 Å². The monoisotopic (exact) mass is 538 g/mol. The molecule has 1 aliphatic heterocycles. The van der Waals surface area contributed by atoms with E-state index in [1.807, 2.05) is 36.4 Å². The Morgan fingerprint density at radius 3 is 2.68 bits per heavy atom. The Labute approximate surface area is 201 Å². The molecule has 1 aliphatic rings. The van der Waals surface area contributed by atoms with Gasteiger partial charge < -0.3 is 25.4 Å². The third-order valence-corrected chi connectivity index (χ3v) is 4.95. The van der Waals surface area contributed by atoms with Gasteiger partial charge in [-0.05, 0) is 37.6 Å². The number of para-hydroxylation sites is 1. The van der Waals surface area contributed by atoms with E-state index >= 15 is 0 Å². The quantitative estimate of drug-likeness (QED) is 0.302. The van der Waals surface area contributed by atoms with Crippen LogP contribution in [0.25, 0.3) is 0 Å². The van der Waals surface area contributed by atoms with Crippen molar-refractivity contribution in [3.8, 4) is 11.5 Å². The normalized spacial score (nSPS) is 16.8. The molecule has 1 heterocycles. The third-order valence-electron chi connectivity index (χ3n) is 4.95. The molecule has 0 radical (unpaired) electrons. The van der Waals surface area contributed by atoms with Gasteiger partial charge in [0, 0.05) is 32.5 Å². The highest BCUT2D eigenvalue weighted by atomic mass is 127. The predicted molar refractivity (Wildman–Crippen MR) is 135 cm³/mol. The van der Waals surface area contributed by atoms with Crippen molar-refractivity contribution in [1.29, 1.82) is 0 Å². The second kappa shape index (κ2) is 10.7. The van der Waals surface area contributed by atoms with Crippen LogP contribution in [0.3, 0.4) is 0 Å². The number of nitrogens with one attached hydrogen (secondary N) is 3. The lowest BCUT2D eigenvalue weighted by atomic mass is 9.90. The van der Waals surface area contributed by atoms with Crippen molar-refractivity contribution >= 4 is 41.5 Å². The Morgan fingerprint density at radius 1 is 1.26 bits per heavy atom. The van der Waals surface area contributed by atoms with Gasteiger partial charge in [-0.15, -0.1) is 24.0 Å². The van der Waals surface area contributed by atoms with Crippen LogP contribution in [0.5, 0.6) is 11.5 Å². The maximum Gasteiger partial charge on any atom is 0.221 e. The number of ether oxygens (including phenoxy) is 2. The first kappa shape index (κ1) is 24.8. The lowest BCUT2D eigenvalue weighted by Crippen LogP contribution is -2.45. The highest BCUT2D eigenvalue weighted by Crippen LogP contribution is 2.39. The van der Waals surface area contributed by atoms with Gasteiger partial charge in [0.1, 0.15) is 17.1 Å². The fourth-order valence-corrected chi connectivity index (χ4v) is 3.63. The number of nitrogens with zero attached hydrogens (tertiary/aromatic N) is 1. The zero-order valence-corrected chi connectivity index (χ0v) is 20.9. The van der Waals surface area contributed by atoms with Gasteiger partial charge in [-0.1, -0.05) is 24.3 Å². The summed E-state index contributed by atoms with van der Waals surface area (Å²) >= 11 is 0. The third kappa shape index (κ3) is 6.49. The summed E-state index contributed by atoms with van der Waals surface area (Å²) in [6.45, 7) is 6.21. The van der Waals surface area contributed by atoms with Crippen LogP contribution in [0.2, 0.25) is 0 Å². The molecule has 168 valence electrons. The lowest BCUT2D eigenvalue weighted by molar-refractivity contribution is -0.114. The van der Waals surface area contributed by atoms with E-state index in [0.29, 0.717) is 23.9 Å². The summed E-state index contributed by atoms with van der Waals surface area (Å²) in [4.78, 5) is 15.8. The number of anilines is 1. The average Bonchev–Trinajstić information content (AvgIpc) is 2.69. The van der Waals surface area contributed by atoms with E-state index in [-0.39, 0.29) is 41.5 Å². The molecule has 7 nitrogen and oxygen atoms in total. The van der Waals surface area contributed by atoms with Gasteiger partial charge in [0.2, 0.25) is 5.91 Å². The Morgan fingerprint density at radius 2 is 2.00 bits per heavy atom. The zero-order chi connectivity index (χ0) is 21.7. The number of methoxy groups -OCH3 is 1. The van der Waals surface area contributed by atoms with Gasteiger partial charge in [0.05, 0.1) is 18.8 Å². The summed E-state index contributed by atoms with van der Waals surface area (Å²) in [5.74, 6) is 2.08. The number of fused-ring (bicyclic) bond motifs is 1. The minimum absolute atomic E-state index is 0. The molecule has 0 fully saturated rings. The number of amides is 1. The number of halogens is 1. The highest BCUT2D eigenvalue weighted by molar-refractivity contribution is 14.0. The van der Waals surface area contributed by atoms with E-state index < -0.39 is 0 Å². The molecule has 0 spiro atoms. The Bertz CT molecular complexity index is 946. The van der Waals surface area contributed by atoms with Gasteiger partial charge in [0.25, 0.3) is 0 Å². The molecule has 1 amide bonds. The molecule has 3 rings (SSSR count). The van der Waals surface area contributed by atoms with Crippen LogP contribution < -0.4 is 25.4 Å². The summed E-state index contributed by atoms with van der Waals surface area (Å²) in [5, 5.41) is 9.68. The van der Waals surface area contributed by atoms with E-state index in [4.69, 9.17) is 9.47 Å². The number of hydrogen-bond donors (Lipinski definition) is 3. The first-order valence-corrected chi connectivity index (χ1v) is 10.0. The largest absolute Gasteiger partial charge is 0.495 e. The van der Waals surface area contributed by atoms with E-state index in [1.54, 1.807) is 14.2 Å². The molecule has 31 heavy (non-hydrogen) atoms. The van der Waals surface area contributed by atoms with Crippen molar-refractivity contribution in [1.82, 2.24) is 10.6 Å². The van der Waals surface area contributed by atoms with Crippen LogP contribution in [0, 0.1) is 0 Å². The summed E-state index contributed by atoms with van der Waals surface area (Å²) < 4.78 is 11.4. The molecule has 0 saturated heterocycles. The minimum Gasteiger partial charge on any atom is -0.495 e. The second-order valence-electron chi connectivity index (χ2n) is 7.94. The molecule has 0 bridgehead atoms. The van der Waals surface area contributed by atoms with E-state index in [9.17, 15) is 4.79 Å². The maximum atomic E-state index is 11.5. The number of hydrogen-bond acceptors (Lipinski definition) is 4. The number of aliphatic imine (C=N–C) groups is 1. The first-order valence-electron chi connectivity index (χ1n) is 10.0. The van der Waals surface area contributed by atoms with E-state index in [2.05, 4.69) is 40.9 Å². The molecule has 8 heteroatoms. The summed E-state index contributed by atoms with van der Waals surface area (Å²) in [6.07, 6.45) is 0.819. The summed E-state index contributed by atoms with van der Waals surface area (Å²) in [5.41, 5.74) is 2.49. The van der Waals surface area contributed by atoms with Gasteiger partial charge in [0.15, 0.2) is 5.96 Å². The molecule has 0 saturated carbocycles. The molecular formula is C23H31IN4O3. The molecule has 2 aromatic carbocycles. The van der Waals surface area contributed by atoms with E-state index in [1.165, 1.54) is 6.92 Å². The second-order valence-corrected chi connectivity index (χ2v) is 7.94. The number of carbonyl (C=O) groups is 1. The number of carbonyl (C=O) groups excluding carboxylic acids is 1. The van der Waals surface area contributed by atoms with Crippen LogP contribution in [0.15, 0.2) is 47.5 Å². The molecule has 2 aromatic rings. The Balaban J connectivity index is 0.00000341. The van der Waals surface area contributed by atoms with Gasteiger partial charge in [-0.2, -0.15) is 0 Å². The average molecular weight is 538 g/mol. The van der Waals surface area contributed by atoms with Crippen molar-refractivity contribution in [3.05, 3.63) is 53.6 Å². The first-order chi connectivity index (χ1) is 14.3. The molecule has 0 aromatic heterocycles. The topological polar surface area (TPSA) is 84.0 Å². The Kier molecular flexibility index (Phi) is 8.55. The standard InChI is InChI=1S/C23H30N4O3.HI/c1-15(28)26-18-12-16(10-11-21(18)29-5)14-25-22(24-4)27-19-13-23(2,3)30-20-9-7-6-8-17(19)20;/h6-12,19H,13-14H2,1-5H3,(H,26,28)(H2,24,25,27);1H. The molecule has 0 aliphatic carbocycles. The minimum atomic E-state index is -0.270. The number of guanidine groups is 1. The predicted octanol–water partition coefficient (Wildman–Crippen LogP) is 4.24. The Hall–Kier alpha value is -2.49. The lowest BCUT2D eigenvalue weighted by Gasteiger charge is -2.38. The van der Waals surface area contributed by atoms with Crippen molar-refractivity contribution in [2.45, 2.75) is 45.4 Å². The van der Waals surface area contributed by atoms with Crippen molar-refractivity contribution in [3.63, 3.8) is 0 Å². The molecule has 3 N–H and O–H groups in total. The van der Waals surface area contributed by atoms with Crippen LogP contribution >= 0.6 is 24.0 Å². The summed E-state index contributed by atoms with van der Waals surface area (Å²) in [6, 6.07) is 13.9. The van der Waals surface area contributed by atoms with Crippen molar-refractivity contribution < 1.29 is 14.3 Å². The van der Waals surface area contributed by atoms with Crippen LogP contribution in [0.1, 0.15) is 44.4 Å². The van der Waals surface area contributed by atoms with Crippen LogP contribution in [0.4, 0.5) is 5.69 Å². The fourth-order valence-electron chi connectivity index (χ4n) is 3.63. The SMILES string of the molecule is CN=C(NCc1ccc(OC)c(NC(C)=O)c1)NC1CC(C)(C)Oc2ccccc21.I. The van der Waals surface area contributed by atoms with Crippen molar-refractivity contribution in [2.75, 3.05) is 19.5 Å². The number of rotatable bonds is 5. The fraction of sp³-hybridized carbons (Fsp3) is 0.391. The smallest absolute Gasteiger partial charge is 0.221 e. The molecule has 1 atom stereocenters. The zero-order valence-electron chi connectivity index (χ0n) is 18.6. The van der Waals surface area contributed by atoms with Crippen molar-refractivity contribution in [2.24, 2.45) is 4.99 Å². The number of benzene rings is 2. The van der Waals surface area contributed by atoms with Gasteiger partial charge >= 0.3 is 0 Å². The maximum absolute atomic E-state index is 11.5. The van der Waals surface area contributed by atoms with E-state index in [0.717, 1.165) is 23.3 Å². The van der Waals surface area contributed by atoms with Crippen LogP contribution in [-0.2, 0) is 11.3 Å². The molecular weight excluding hydrogens is 507 g/mol. The molecule has 1 unspecified atom stereocenters. The van der Waals surface area contributed by atoms with Gasteiger partial charge in [-0.25, -0.2) is 0 Å². The van der Waals surface area contributed by atoms with Crippen LogP contribution in [-0.4, -0.2) is 31.6 Å². The summed E-state index contributed by atoms with van der Waals surface area (Å²) in [7, 11) is 3.33.